The van der Waals surface area contributed by atoms with Crippen molar-refractivity contribution in [3.05, 3.63) is 23.0 Å². The van der Waals surface area contributed by atoms with Crippen LogP contribution in [0.15, 0.2) is 6.07 Å². The van der Waals surface area contributed by atoms with Crippen molar-refractivity contribution >= 4 is 0 Å². The summed E-state index contributed by atoms with van der Waals surface area (Å²) in [5.74, 6) is 0. The summed E-state index contributed by atoms with van der Waals surface area (Å²) in [5, 5.41) is 10.1. The molecule has 2 unspecified atom stereocenters. The van der Waals surface area contributed by atoms with Crippen LogP contribution in [-0.2, 0) is 6.42 Å². The Morgan fingerprint density at radius 3 is 2.88 bits per heavy atom. The quantitative estimate of drug-likeness (QED) is 0.840. The zero-order valence-corrected chi connectivity index (χ0v) is 11.4. The van der Waals surface area contributed by atoms with E-state index in [0.717, 1.165) is 19.3 Å². The minimum absolute atomic E-state index is 0.224. The van der Waals surface area contributed by atoms with Crippen LogP contribution in [0.3, 0.4) is 0 Å². The molecule has 0 fully saturated rings. The third kappa shape index (κ3) is 2.28. The normalized spacial score (nSPS) is 21.3. The summed E-state index contributed by atoms with van der Waals surface area (Å²) in [4.78, 5) is 0. The summed E-state index contributed by atoms with van der Waals surface area (Å²) in [6, 6.07) is 2.83. The van der Waals surface area contributed by atoms with E-state index in [1.54, 1.807) is 0 Å². The Kier molecular flexibility index (Phi) is 3.93. The first-order valence-corrected chi connectivity index (χ1v) is 7.07. The molecule has 2 atom stereocenters. The van der Waals surface area contributed by atoms with Crippen molar-refractivity contribution in [2.75, 3.05) is 0 Å². The van der Waals surface area contributed by atoms with Crippen molar-refractivity contribution in [1.82, 2.24) is 4.57 Å². The minimum Gasteiger partial charge on any atom is -0.388 e. The van der Waals surface area contributed by atoms with Crippen molar-refractivity contribution in [1.29, 1.82) is 0 Å². The van der Waals surface area contributed by atoms with Crippen LogP contribution < -0.4 is 0 Å². The second-order valence-corrected chi connectivity index (χ2v) is 5.32. The highest BCUT2D eigenvalue weighted by atomic mass is 16.3. The van der Waals surface area contributed by atoms with E-state index in [-0.39, 0.29) is 6.10 Å². The second-order valence-electron chi connectivity index (χ2n) is 5.32. The highest BCUT2D eigenvalue weighted by Crippen LogP contribution is 2.35. The molecule has 1 aliphatic rings. The number of aromatic nitrogens is 1. The van der Waals surface area contributed by atoms with Crippen molar-refractivity contribution in [3.8, 4) is 0 Å². The average molecular weight is 235 g/mol. The van der Waals surface area contributed by atoms with Crippen LogP contribution >= 0.6 is 0 Å². The van der Waals surface area contributed by atoms with Gasteiger partial charge in [-0.2, -0.15) is 0 Å². The predicted molar refractivity (Wildman–Crippen MR) is 71.3 cm³/mol. The van der Waals surface area contributed by atoms with E-state index in [2.05, 4.69) is 31.4 Å². The number of hydrogen-bond acceptors (Lipinski definition) is 1. The van der Waals surface area contributed by atoms with E-state index in [9.17, 15) is 5.11 Å². The number of rotatable bonds is 4. The third-order valence-corrected chi connectivity index (χ3v) is 4.08. The van der Waals surface area contributed by atoms with Gasteiger partial charge in [0.05, 0.1) is 6.10 Å². The lowest BCUT2D eigenvalue weighted by Crippen LogP contribution is -2.16. The summed E-state index contributed by atoms with van der Waals surface area (Å²) >= 11 is 0. The topological polar surface area (TPSA) is 25.2 Å². The third-order valence-electron chi connectivity index (χ3n) is 4.08. The van der Waals surface area contributed by atoms with E-state index < -0.39 is 0 Å². The molecule has 2 rings (SSSR count). The molecule has 0 saturated carbocycles. The van der Waals surface area contributed by atoms with Gasteiger partial charge in [-0.15, -0.1) is 0 Å². The molecule has 0 aliphatic heterocycles. The van der Waals surface area contributed by atoms with Crippen molar-refractivity contribution in [3.63, 3.8) is 0 Å². The SMILES string of the molecule is CCCC(CC)n1c(C)cc2c1CCCC2O. The first kappa shape index (κ1) is 12.7. The molecule has 0 bridgehead atoms. The van der Waals surface area contributed by atoms with E-state index in [1.165, 1.54) is 36.2 Å². The van der Waals surface area contributed by atoms with Crippen LogP contribution in [0.1, 0.15) is 75.0 Å². The van der Waals surface area contributed by atoms with Crippen molar-refractivity contribution in [2.24, 2.45) is 0 Å². The Bertz CT molecular complexity index is 381. The summed E-state index contributed by atoms with van der Waals surface area (Å²) in [6.45, 7) is 6.71. The predicted octanol–water partition coefficient (Wildman–Crippen LogP) is 3.92. The average Bonchev–Trinajstić information content (AvgIpc) is 2.64. The molecule has 0 saturated heterocycles. The molecule has 0 spiro atoms. The molecule has 1 N–H and O–H groups in total. The zero-order valence-electron chi connectivity index (χ0n) is 11.4. The van der Waals surface area contributed by atoms with Crippen molar-refractivity contribution < 1.29 is 5.11 Å². The molecule has 1 aliphatic carbocycles. The van der Waals surface area contributed by atoms with E-state index in [1.807, 2.05) is 0 Å². The number of aliphatic hydroxyl groups excluding tert-OH is 1. The van der Waals surface area contributed by atoms with Gasteiger partial charge in [-0.25, -0.2) is 0 Å². The molecule has 2 nitrogen and oxygen atoms in total. The molecule has 0 radical (unpaired) electrons. The van der Waals surface area contributed by atoms with Gasteiger partial charge in [0.1, 0.15) is 0 Å². The monoisotopic (exact) mass is 235 g/mol. The van der Waals surface area contributed by atoms with E-state index in [4.69, 9.17) is 0 Å². The maximum absolute atomic E-state index is 10.1. The van der Waals surface area contributed by atoms with Crippen LogP contribution in [0, 0.1) is 6.92 Å². The van der Waals surface area contributed by atoms with E-state index in [0.29, 0.717) is 6.04 Å². The number of aliphatic hydroxyl groups is 1. The zero-order chi connectivity index (χ0) is 12.4. The molecule has 1 aromatic heterocycles. The molecular formula is C15H25NO. The summed E-state index contributed by atoms with van der Waals surface area (Å²) in [6.07, 6.45) is 6.63. The van der Waals surface area contributed by atoms with Gasteiger partial charge in [-0.05, 0) is 45.1 Å². The summed E-state index contributed by atoms with van der Waals surface area (Å²) in [5.41, 5.74) is 3.93. The molecule has 1 aromatic rings. The van der Waals surface area contributed by atoms with Gasteiger partial charge in [0.15, 0.2) is 0 Å². The maximum atomic E-state index is 10.1. The van der Waals surface area contributed by atoms with E-state index >= 15 is 0 Å². The smallest absolute Gasteiger partial charge is 0.0807 e. The Labute approximate surface area is 105 Å². The van der Waals surface area contributed by atoms with Gasteiger partial charge < -0.3 is 9.67 Å². The highest BCUT2D eigenvalue weighted by Gasteiger charge is 2.25. The number of nitrogens with zero attached hydrogens (tertiary/aromatic N) is 1. The van der Waals surface area contributed by atoms with Crippen LogP contribution in [0.4, 0.5) is 0 Å². The minimum atomic E-state index is -0.224. The van der Waals surface area contributed by atoms with Gasteiger partial charge in [-0.1, -0.05) is 20.3 Å². The van der Waals surface area contributed by atoms with Gasteiger partial charge >= 0.3 is 0 Å². The van der Waals surface area contributed by atoms with Gasteiger partial charge in [0, 0.05) is 23.0 Å². The first-order chi connectivity index (χ1) is 8.19. The van der Waals surface area contributed by atoms with Crippen molar-refractivity contribution in [2.45, 2.75) is 71.4 Å². The Morgan fingerprint density at radius 1 is 1.47 bits per heavy atom. The standard InChI is InChI=1S/C15H25NO/c1-4-7-12(5-2)16-11(3)10-13-14(16)8-6-9-15(13)17/h10,12,15,17H,4-9H2,1-3H3. The fraction of sp³-hybridized carbons (Fsp3) is 0.733. The van der Waals surface area contributed by atoms with Gasteiger partial charge in [0.25, 0.3) is 0 Å². The molecule has 0 aromatic carbocycles. The Morgan fingerprint density at radius 2 is 2.24 bits per heavy atom. The molecule has 17 heavy (non-hydrogen) atoms. The molecule has 0 amide bonds. The Balaban J connectivity index is 2.39. The van der Waals surface area contributed by atoms with Gasteiger partial charge in [-0.3, -0.25) is 0 Å². The second kappa shape index (κ2) is 5.26. The largest absolute Gasteiger partial charge is 0.388 e. The van der Waals surface area contributed by atoms with Gasteiger partial charge in [0.2, 0.25) is 0 Å². The van der Waals surface area contributed by atoms with Crippen LogP contribution in [0.25, 0.3) is 0 Å². The maximum Gasteiger partial charge on any atom is 0.0807 e. The fourth-order valence-corrected chi connectivity index (χ4v) is 3.26. The molecule has 2 heteroatoms. The molecular weight excluding hydrogens is 210 g/mol. The lowest BCUT2D eigenvalue weighted by atomic mass is 9.94. The van der Waals surface area contributed by atoms with Crippen LogP contribution in [0.5, 0.6) is 0 Å². The molecule has 1 heterocycles. The lowest BCUT2D eigenvalue weighted by molar-refractivity contribution is 0.155. The highest BCUT2D eigenvalue weighted by molar-refractivity contribution is 5.32. The van der Waals surface area contributed by atoms with Crippen LogP contribution in [-0.4, -0.2) is 9.67 Å². The van der Waals surface area contributed by atoms with Crippen LogP contribution in [0.2, 0.25) is 0 Å². The summed E-state index contributed by atoms with van der Waals surface area (Å²) < 4.78 is 2.50. The number of hydrogen-bond donors (Lipinski definition) is 1. The number of aryl methyl sites for hydroxylation is 1. The number of fused-ring (bicyclic) bond motifs is 1. The fourth-order valence-electron chi connectivity index (χ4n) is 3.26. The first-order valence-electron chi connectivity index (χ1n) is 7.07. The Hall–Kier alpha value is -0.760. The summed E-state index contributed by atoms with van der Waals surface area (Å²) in [7, 11) is 0. The lowest BCUT2D eigenvalue weighted by Gasteiger charge is -2.25. The molecule has 96 valence electrons.